The second-order valence-electron chi connectivity index (χ2n) is 7.68. The first-order valence-electron chi connectivity index (χ1n) is 10.3. The zero-order chi connectivity index (χ0) is 19.3. The van der Waals surface area contributed by atoms with Crippen molar-refractivity contribution in [1.82, 2.24) is 14.9 Å². The molecule has 2 aliphatic rings. The average Bonchev–Trinajstić information content (AvgIpc) is 3.44. The molecule has 1 aromatic heterocycles. The normalized spacial score (nSPS) is 18.8. The van der Waals surface area contributed by atoms with Gasteiger partial charge in [0.25, 0.3) is 0 Å². The van der Waals surface area contributed by atoms with Crippen LogP contribution in [0.5, 0.6) is 0 Å². The Hall–Kier alpha value is -2.66. The maximum atomic E-state index is 7.59. The predicted molar refractivity (Wildman–Crippen MR) is 117 cm³/mol. The topological polar surface area (TPSA) is 59.0 Å². The van der Waals surface area contributed by atoms with Crippen molar-refractivity contribution in [3.63, 3.8) is 0 Å². The Kier molecular flexibility index (Phi) is 5.72. The van der Waals surface area contributed by atoms with Crippen LogP contribution < -0.4 is 4.90 Å². The molecule has 1 aromatic carbocycles. The molecule has 1 aliphatic carbocycles. The molecular formula is C23H29N5. The summed E-state index contributed by atoms with van der Waals surface area (Å²) in [6.45, 7) is 8.18. The lowest BCUT2D eigenvalue weighted by Gasteiger charge is -2.39. The highest BCUT2D eigenvalue weighted by Crippen LogP contribution is 2.27. The van der Waals surface area contributed by atoms with Crippen molar-refractivity contribution in [3.8, 4) is 11.3 Å². The molecule has 0 atom stereocenters. The lowest BCUT2D eigenvalue weighted by Crippen LogP contribution is -2.49. The van der Waals surface area contributed by atoms with Crippen LogP contribution in [0.15, 0.2) is 49.2 Å². The number of nitrogens with one attached hydrogen (secondary N) is 2. The van der Waals surface area contributed by atoms with E-state index in [0.717, 1.165) is 36.2 Å². The highest BCUT2D eigenvalue weighted by molar-refractivity contribution is 6.03. The molecule has 1 aliphatic heterocycles. The van der Waals surface area contributed by atoms with Crippen LogP contribution in [0, 0.1) is 5.41 Å². The summed E-state index contributed by atoms with van der Waals surface area (Å²) in [5.74, 6) is 0.744. The summed E-state index contributed by atoms with van der Waals surface area (Å²) in [4.78, 5) is 12.9. The van der Waals surface area contributed by atoms with Gasteiger partial charge in [0.05, 0.1) is 17.6 Å². The summed E-state index contributed by atoms with van der Waals surface area (Å²) in [5, 5.41) is 7.59. The molecule has 1 saturated carbocycles. The molecule has 5 nitrogen and oxygen atoms in total. The zero-order valence-electron chi connectivity index (χ0n) is 16.4. The molecule has 146 valence electrons. The van der Waals surface area contributed by atoms with Crippen molar-refractivity contribution in [2.45, 2.75) is 31.7 Å². The number of hydrogen-bond donors (Lipinski definition) is 2. The number of H-pyrrole nitrogens is 1. The number of rotatable bonds is 6. The van der Waals surface area contributed by atoms with E-state index in [9.17, 15) is 0 Å². The summed E-state index contributed by atoms with van der Waals surface area (Å²) >= 11 is 0. The van der Waals surface area contributed by atoms with E-state index in [1.807, 2.05) is 6.20 Å². The molecular weight excluding hydrogens is 346 g/mol. The standard InChI is InChI=1S/C23H29N5/c1-2-19(24)9-12-23-25-17-22(26-23)18-7-10-21(11-8-18)28-15-13-27(14-16-28)20-5-3-4-6-20/h2,7-12,17,20,24H,1,3-6,13-16H2,(H,25,26)/b12-9-,24-19?. The maximum Gasteiger partial charge on any atom is 0.130 e. The molecule has 2 N–H and O–H groups in total. The largest absolute Gasteiger partial charge is 0.369 e. The maximum absolute atomic E-state index is 7.59. The molecule has 1 saturated heterocycles. The monoisotopic (exact) mass is 375 g/mol. The first kappa shape index (κ1) is 18.7. The van der Waals surface area contributed by atoms with E-state index >= 15 is 0 Å². The third-order valence-corrected chi connectivity index (χ3v) is 5.93. The highest BCUT2D eigenvalue weighted by Gasteiger charge is 2.26. The van der Waals surface area contributed by atoms with Gasteiger partial charge in [-0.3, -0.25) is 4.90 Å². The molecule has 2 fully saturated rings. The van der Waals surface area contributed by atoms with Crippen molar-refractivity contribution >= 4 is 17.5 Å². The summed E-state index contributed by atoms with van der Waals surface area (Å²) in [5.41, 5.74) is 3.78. The van der Waals surface area contributed by atoms with Crippen LogP contribution in [-0.2, 0) is 0 Å². The van der Waals surface area contributed by atoms with E-state index in [2.05, 4.69) is 50.6 Å². The number of piperazine rings is 1. The van der Waals surface area contributed by atoms with E-state index in [0.29, 0.717) is 5.71 Å². The smallest absolute Gasteiger partial charge is 0.130 e. The number of nitrogens with zero attached hydrogens (tertiary/aromatic N) is 3. The van der Waals surface area contributed by atoms with Gasteiger partial charge in [0.1, 0.15) is 5.82 Å². The van der Waals surface area contributed by atoms with Crippen molar-refractivity contribution in [3.05, 3.63) is 55.0 Å². The second kappa shape index (κ2) is 8.57. The molecule has 0 bridgehead atoms. The van der Waals surface area contributed by atoms with E-state index in [1.165, 1.54) is 50.5 Å². The summed E-state index contributed by atoms with van der Waals surface area (Å²) in [6, 6.07) is 9.58. The molecule has 4 rings (SSSR count). The Morgan fingerprint density at radius 2 is 1.82 bits per heavy atom. The van der Waals surface area contributed by atoms with E-state index in [-0.39, 0.29) is 0 Å². The first-order valence-corrected chi connectivity index (χ1v) is 10.3. The number of aromatic nitrogens is 2. The van der Waals surface area contributed by atoms with Crippen molar-refractivity contribution < 1.29 is 0 Å². The predicted octanol–water partition coefficient (Wildman–Crippen LogP) is 4.36. The highest BCUT2D eigenvalue weighted by atomic mass is 15.3. The second-order valence-corrected chi connectivity index (χ2v) is 7.68. The van der Waals surface area contributed by atoms with Gasteiger partial charge in [-0.2, -0.15) is 0 Å². The van der Waals surface area contributed by atoms with Gasteiger partial charge < -0.3 is 15.3 Å². The fraction of sp³-hybridized carbons (Fsp3) is 0.391. The van der Waals surface area contributed by atoms with Gasteiger partial charge in [-0.15, -0.1) is 0 Å². The minimum absolute atomic E-state index is 0.371. The third-order valence-electron chi connectivity index (χ3n) is 5.93. The molecule has 0 unspecified atom stereocenters. The van der Waals surface area contributed by atoms with Gasteiger partial charge in [-0.1, -0.05) is 31.6 Å². The fourth-order valence-corrected chi connectivity index (χ4v) is 4.27. The van der Waals surface area contributed by atoms with Crippen molar-refractivity contribution in [1.29, 1.82) is 5.41 Å². The van der Waals surface area contributed by atoms with E-state index in [4.69, 9.17) is 5.41 Å². The van der Waals surface area contributed by atoms with Crippen LogP contribution in [0.3, 0.4) is 0 Å². The van der Waals surface area contributed by atoms with Crippen LogP contribution in [0.25, 0.3) is 17.3 Å². The van der Waals surface area contributed by atoms with E-state index < -0.39 is 0 Å². The number of allylic oxidation sites excluding steroid dienone is 2. The van der Waals surface area contributed by atoms with E-state index in [1.54, 1.807) is 12.2 Å². The van der Waals surface area contributed by atoms with Crippen LogP contribution >= 0.6 is 0 Å². The van der Waals surface area contributed by atoms with Crippen molar-refractivity contribution in [2.75, 3.05) is 31.1 Å². The van der Waals surface area contributed by atoms with Crippen LogP contribution in [0.2, 0.25) is 0 Å². The Labute approximate surface area is 167 Å². The average molecular weight is 376 g/mol. The Balaban J connectivity index is 1.36. The minimum Gasteiger partial charge on any atom is -0.369 e. The summed E-state index contributed by atoms with van der Waals surface area (Å²) < 4.78 is 0. The van der Waals surface area contributed by atoms with Gasteiger partial charge >= 0.3 is 0 Å². The number of hydrogen-bond acceptors (Lipinski definition) is 4. The van der Waals surface area contributed by atoms with Crippen LogP contribution in [0.4, 0.5) is 5.69 Å². The number of imidazole rings is 1. The van der Waals surface area contributed by atoms with Crippen molar-refractivity contribution in [2.24, 2.45) is 0 Å². The number of anilines is 1. The molecule has 0 amide bonds. The molecule has 2 heterocycles. The third kappa shape index (κ3) is 4.25. The number of benzene rings is 1. The van der Waals surface area contributed by atoms with Gasteiger partial charge in [0.15, 0.2) is 0 Å². The Morgan fingerprint density at radius 3 is 2.50 bits per heavy atom. The minimum atomic E-state index is 0.371. The first-order chi connectivity index (χ1) is 13.7. The number of aromatic amines is 1. The molecule has 28 heavy (non-hydrogen) atoms. The Bertz CT molecular complexity index is 834. The SMILES string of the molecule is C=CC(=N)/C=C\c1ncc(-c2ccc(N3CCN(C4CCCC4)CC3)cc2)[nH]1. The van der Waals surface area contributed by atoms with Gasteiger partial charge in [0, 0.05) is 37.9 Å². The van der Waals surface area contributed by atoms with Gasteiger partial charge in [0.2, 0.25) is 0 Å². The fourth-order valence-electron chi connectivity index (χ4n) is 4.27. The quantitative estimate of drug-likeness (QED) is 0.738. The molecule has 5 heteroatoms. The van der Waals surface area contributed by atoms with Gasteiger partial charge in [-0.25, -0.2) is 4.98 Å². The van der Waals surface area contributed by atoms with Crippen LogP contribution in [0.1, 0.15) is 31.5 Å². The Morgan fingerprint density at radius 1 is 1.11 bits per heavy atom. The molecule has 2 aromatic rings. The lowest BCUT2D eigenvalue weighted by atomic mass is 10.1. The zero-order valence-corrected chi connectivity index (χ0v) is 16.4. The van der Waals surface area contributed by atoms with Gasteiger partial charge in [-0.05, 0) is 48.8 Å². The lowest BCUT2D eigenvalue weighted by molar-refractivity contribution is 0.187. The summed E-state index contributed by atoms with van der Waals surface area (Å²) in [6.07, 6.45) is 12.4. The molecule has 0 spiro atoms. The molecule has 0 radical (unpaired) electrons. The van der Waals surface area contributed by atoms with Crippen LogP contribution in [-0.4, -0.2) is 52.8 Å². The summed E-state index contributed by atoms with van der Waals surface area (Å²) in [7, 11) is 0.